The van der Waals surface area contributed by atoms with Crippen LogP contribution >= 0.6 is 11.3 Å². The molecule has 23 heavy (non-hydrogen) atoms. The minimum absolute atomic E-state index is 0.134. The summed E-state index contributed by atoms with van der Waals surface area (Å²) in [5.41, 5.74) is 1.56. The zero-order valence-electron chi connectivity index (χ0n) is 13.2. The number of aliphatic hydroxyl groups is 1. The second-order valence-electron chi connectivity index (χ2n) is 5.92. The van der Waals surface area contributed by atoms with Crippen LogP contribution in [-0.4, -0.2) is 32.4 Å². The monoisotopic (exact) mass is 335 g/mol. The van der Waals surface area contributed by atoms with Gasteiger partial charge in [-0.05, 0) is 19.8 Å². The third kappa shape index (κ3) is 4.08. The second kappa shape index (κ2) is 6.67. The topological polar surface area (TPSA) is 92.1 Å². The third-order valence-corrected chi connectivity index (χ3v) is 4.85. The first-order valence-electron chi connectivity index (χ1n) is 7.69. The summed E-state index contributed by atoms with van der Waals surface area (Å²) in [6.07, 6.45) is 4.98. The van der Waals surface area contributed by atoms with Gasteiger partial charge in [0.15, 0.2) is 0 Å². The van der Waals surface area contributed by atoms with Gasteiger partial charge in [0, 0.05) is 36.7 Å². The largest absolute Gasteiger partial charge is 0.386 e. The normalized spacial score (nSPS) is 16.8. The second-order valence-corrected chi connectivity index (χ2v) is 6.81. The van der Waals surface area contributed by atoms with Crippen molar-refractivity contribution in [2.75, 3.05) is 6.54 Å². The number of amides is 2. The van der Waals surface area contributed by atoms with E-state index in [9.17, 15) is 9.90 Å². The van der Waals surface area contributed by atoms with Crippen LogP contribution in [-0.2, 0) is 7.05 Å². The molecule has 0 aliphatic heterocycles. The van der Waals surface area contributed by atoms with Crippen molar-refractivity contribution in [1.82, 2.24) is 25.4 Å². The fourth-order valence-electron chi connectivity index (χ4n) is 2.26. The Balaban J connectivity index is 1.46. The highest BCUT2D eigenvalue weighted by Crippen LogP contribution is 2.41. The van der Waals surface area contributed by atoms with Crippen LogP contribution in [0.4, 0.5) is 4.79 Å². The van der Waals surface area contributed by atoms with Crippen LogP contribution in [0.15, 0.2) is 17.8 Å². The van der Waals surface area contributed by atoms with Crippen molar-refractivity contribution in [3.8, 4) is 0 Å². The van der Waals surface area contributed by atoms with E-state index < -0.39 is 6.10 Å². The number of nitrogens with one attached hydrogen (secondary N) is 2. The summed E-state index contributed by atoms with van der Waals surface area (Å²) in [5, 5.41) is 22.7. The van der Waals surface area contributed by atoms with Gasteiger partial charge >= 0.3 is 6.03 Å². The molecule has 0 bridgehead atoms. The van der Waals surface area contributed by atoms with E-state index >= 15 is 0 Å². The highest BCUT2D eigenvalue weighted by molar-refractivity contribution is 7.09. The number of hydrogen-bond acceptors (Lipinski definition) is 5. The number of aliphatic hydroxyl groups excluding tert-OH is 1. The Labute approximate surface area is 138 Å². The molecule has 2 heterocycles. The Morgan fingerprint density at radius 1 is 1.57 bits per heavy atom. The van der Waals surface area contributed by atoms with E-state index in [1.807, 2.05) is 12.3 Å². The lowest BCUT2D eigenvalue weighted by Crippen LogP contribution is -2.39. The van der Waals surface area contributed by atoms with Gasteiger partial charge < -0.3 is 15.7 Å². The molecule has 1 aliphatic carbocycles. The Morgan fingerprint density at radius 3 is 3.00 bits per heavy atom. The zero-order valence-corrected chi connectivity index (χ0v) is 14.0. The number of urea groups is 1. The van der Waals surface area contributed by atoms with Crippen LogP contribution in [0.3, 0.4) is 0 Å². The van der Waals surface area contributed by atoms with Crippen molar-refractivity contribution >= 4 is 17.4 Å². The van der Waals surface area contributed by atoms with Gasteiger partial charge in [-0.15, -0.1) is 11.3 Å². The predicted molar refractivity (Wildman–Crippen MR) is 87.2 cm³/mol. The molecule has 0 unspecified atom stereocenters. The van der Waals surface area contributed by atoms with Crippen LogP contribution in [0.1, 0.15) is 54.1 Å². The van der Waals surface area contributed by atoms with E-state index in [0.717, 1.165) is 5.69 Å². The lowest BCUT2D eigenvalue weighted by atomic mass is 10.2. The molecule has 1 aliphatic rings. The number of aromatic nitrogens is 3. The Hall–Kier alpha value is -1.93. The van der Waals surface area contributed by atoms with Gasteiger partial charge in [0.2, 0.25) is 0 Å². The number of rotatable bonds is 6. The number of hydrogen-bond donors (Lipinski definition) is 3. The first kappa shape index (κ1) is 15.9. The molecule has 2 atom stereocenters. The maximum atomic E-state index is 11.9. The molecule has 0 radical (unpaired) electrons. The predicted octanol–water partition coefficient (Wildman–Crippen LogP) is 1.85. The molecule has 8 heteroatoms. The summed E-state index contributed by atoms with van der Waals surface area (Å²) in [5.74, 6) is 0.629. The molecule has 0 spiro atoms. The van der Waals surface area contributed by atoms with Crippen molar-refractivity contribution in [2.45, 2.75) is 37.8 Å². The average Bonchev–Trinajstić information content (AvgIpc) is 3.08. The van der Waals surface area contributed by atoms with Gasteiger partial charge in [0.05, 0.1) is 29.0 Å². The molecule has 2 aromatic heterocycles. The molecule has 3 rings (SSSR count). The van der Waals surface area contributed by atoms with Crippen LogP contribution in [0.2, 0.25) is 0 Å². The minimum Gasteiger partial charge on any atom is -0.386 e. The quantitative estimate of drug-likeness (QED) is 0.751. The molecular weight excluding hydrogens is 314 g/mol. The standard InChI is InChI=1S/C15H21N5O2S/c1-9(12-8-23-14(19-12)10-3-4-10)18-15(22)16-6-13(21)11-5-17-20(2)7-11/h5,7-10,13,21H,3-4,6H2,1-2H3,(H2,16,18,22)/t9-,13+/m1/s1. The maximum Gasteiger partial charge on any atom is 0.315 e. The molecule has 0 aromatic carbocycles. The first-order valence-corrected chi connectivity index (χ1v) is 8.57. The summed E-state index contributed by atoms with van der Waals surface area (Å²) in [4.78, 5) is 16.5. The fourth-order valence-corrected chi connectivity index (χ4v) is 3.34. The smallest absolute Gasteiger partial charge is 0.315 e. The van der Waals surface area contributed by atoms with Crippen LogP contribution in [0, 0.1) is 0 Å². The van der Waals surface area contributed by atoms with Crippen molar-refractivity contribution in [1.29, 1.82) is 0 Å². The van der Waals surface area contributed by atoms with Crippen LogP contribution in [0.25, 0.3) is 0 Å². The van der Waals surface area contributed by atoms with Crippen molar-refractivity contribution in [2.24, 2.45) is 7.05 Å². The number of nitrogens with zero attached hydrogens (tertiary/aromatic N) is 3. The summed E-state index contributed by atoms with van der Waals surface area (Å²) in [7, 11) is 1.78. The van der Waals surface area contributed by atoms with Crippen molar-refractivity contribution < 1.29 is 9.90 Å². The molecule has 2 aromatic rings. The number of carbonyl (C=O) groups excluding carboxylic acids is 1. The van der Waals surface area contributed by atoms with Crippen molar-refractivity contribution in [3.05, 3.63) is 34.0 Å². The highest BCUT2D eigenvalue weighted by atomic mass is 32.1. The van der Waals surface area contributed by atoms with Crippen LogP contribution < -0.4 is 10.6 Å². The molecule has 1 fully saturated rings. The molecule has 0 saturated heterocycles. The van der Waals surface area contributed by atoms with E-state index in [1.54, 1.807) is 35.5 Å². The van der Waals surface area contributed by atoms with Gasteiger partial charge in [-0.2, -0.15) is 5.10 Å². The minimum atomic E-state index is -0.773. The Morgan fingerprint density at radius 2 is 2.35 bits per heavy atom. The third-order valence-electron chi connectivity index (χ3n) is 3.82. The average molecular weight is 335 g/mol. The summed E-state index contributed by atoms with van der Waals surface area (Å²) >= 11 is 1.66. The molecule has 2 amide bonds. The molecule has 7 nitrogen and oxygen atoms in total. The summed E-state index contributed by atoms with van der Waals surface area (Å²) in [6.45, 7) is 2.04. The Bertz CT molecular complexity index is 679. The first-order chi connectivity index (χ1) is 11.0. The number of aryl methyl sites for hydroxylation is 1. The lowest BCUT2D eigenvalue weighted by Gasteiger charge is -2.14. The fraction of sp³-hybridized carbons (Fsp3) is 0.533. The summed E-state index contributed by atoms with van der Waals surface area (Å²) in [6, 6.07) is -0.476. The number of carbonyl (C=O) groups is 1. The van der Waals surface area contributed by atoms with Crippen LogP contribution in [0.5, 0.6) is 0 Å². The van der Waals surface area contributed by atoms with Gasteiger partial charge in [0.1, 0.15) is 0 Å². The van der Waals surface area contributed by atoms with Gasteiger partial charge in [0.25, 0.3) is 0 Å². The van der Waals surface area contributed by atoms with E-state index in [-0.39, 0.29) is 18.6 Å². The van der Waals surface area contributed by atoms with E-state index in [2.05, 4.69) is 20.7 Å². The zero-order chi connectivity index (χ0) is 16.4. The van der Waals surface area contributed by atoms with Gasteiger partial charge in [-0.25, -0.2) is 9.78 Å². The molecular formula is C15H21N5O2S. The molecule has 124 valence electrons. The molecule has 1 saturated carbocycles. The van der Waals surface area contributed by atoms with E-state index in [0.29, 0.717) is 11.5 Å². The summed E-state index contributed by atoms with van der Waals surface area (Å²) < 4.78 is 1.61. The highest BCUT2D eigenvalue weighted by Gasteiger charge is 2.27. The Kier molecular flexibility index (Phi) is 4.63. The molecule has 3 N–H and O–H groups in total. The van der Waals surface area contributed by atoms with Gasteiger partial charge in [-0.3, -0.25) is 4.68 Å². The lowest BCUT2D eigenvalue weighted by molar-refractivity contribution is 0.172. The number of thiazole rings is 1. The van der Waals surface area contributed by atoms with E-state index in [1.165, 1.54) is 17.8 Å². The van der Waals surface area contributed by atoms with E-state index in [4.69, 9.17) is 0 Å². The van der Waals surface area contributed by atoms with Crippen molar-refractivity contribution in [3.63, 3.8) is 0 Å². The SMILES string of the molecule is C[C@@H](NC(=O)NC[C@H](O)c1cnn(C)c1)c1csc(C2CC2)n1. The van der Waals surface area contributed by atoms with Gasteiger partial charge in [-0.1, -0.05) is 0 Å². The maximum absolute atomic E-state index is 11.9.